The number of rotatable bonds is 2. The van der Waals surface area contributed by atoms with E-state index in [9.17, 15) is 14.9 Å². The quantitative estimate of drug-likeness (QED) is 0.628. The minimum absolute atomic E-state index is 0.0222. The Hall–Kier alpha value is -1.96. The number of nitrogens with one attached hydrogen (secondary N) is 1. The summed E-state index contributed by atoms with van der Waals surface area (Å²) in [5.74, 6) is -0.333. The summed E-state index contributed by atoms with van der Waals surface area (Å²) in [5, 5.41) is 18.4. The molecule has 1 aromatic heterocycles. The maximum Gasteiger partial charge on any atom is 0.322 e. The van der Waals surface area contributed by atoms with Crippen molar-refractivity contribution in [2.45, 2.75) is 32.9 Å². The van der Waals surface area contributed by atoms with Crippen molar-refractivity contribution in [2.75, 3.05) is 13.1 Å². The molecular weight excluding hydrogens is 262 g/mol. The Morgan fingerprint density at radius 1 is 1.50 bits per heavy atom. The molecule has 8 nitrogen and oxygen atoms in total. The Labute approximate surface area is 116 Å². The molecule has 2 heterocycles. The summed E-state index contributed by atoms with van der Waals surface area (Å²) in [7, 11) is 1.56. The average Bonchev–Trinajstić information content (AvgIpc) is 2.67. The number of piperazine rings is 1. The number of carbonyl (C=O) groups is 1. The zero-order valence-corrected chi connectivity index (χ0v) is 12.1. The van der Waals surface area contributed by atoms with E-state index >= 15 is 0 Å². The molecule has 1 aromatic rings. The lowest BCUT2D eigenvalue weighted by atomic mass is 10.1. The smallest absolute Gasteiger partial charge is 0.322 e. The van der Waals surface area contributed by atoms with Gasteiger partial charge in [0.25, 0.3) is 5.91 Å². The summed E-state index contributed by atoms with van der Waals surface area (Å²) in [4.78, 5) is 24.9. The molecule has 2 rings (SSSR count). The van der Waals surface area contributed by atoms with E-state index in [2.05, 4.69) is 10.4 Å². The molecule has 1 aliphatic rings. The number of nitrogens with zero attached hydrogens (tertiary/aromatic N) is 4. The standard InChI is InChI=1S/C12H19N5O3/c1-7-9(3)16(6-5-13-7)12(18)11-10(17(19)20)8(2)14-15(11)4/h7,9,13H,5-6H2,1-4H3. The summed E-state index contributed by atoms with van der Waals surface area (Å²) in [6.45, 7) is 6.68. The third kappa shape index (κ3) is 2.26. The molecule has 2 atom stereocenters. The molecule has 1 saturated heterocycles. The van der Waals surface area contributed by atoms with Gasteiger partial charge in [-0.2, -0.15) is 5.10 Å². The van der Waals surface area contributed by atoms with Crippen LogP contribution in [0.5, 0.6) is 0 Å². The van der Waals surface area contributed by atoms with Crippen LogP contribution < -0.4 is 5.32 Å². The number of hydrogen-bond acceptors (Lipinski definition) is 5. The van der Waals surface area contributed by atoms with Crippen LogP contribution in [0.1, 0.15) is 30.0 Å². The zero-order valence-electron chi connectivity index (χ0n) is 12.1. The molecule has 0 saturated carbocycles. The maximum absolute atomic E-state index is 12.6. The highest BCUT2D eigenvalue weighted by Gasteiger charge is 2.36. The van der Waals surface area contributed by atoms with E-state index in [0.29, 0.717) is 13.1 Å². The lowest BCUT2D eigenvalue weighted by Crippen LogP contribution is -2.57. The molecular formula is C12H19N5O3. The second-order valence-corrected chi connectivity index (χ2v) is 5.15. The van der Waals surface area contributed by atoms with Gasteiger partial charge in [0.2, 0.25) is 5.69 Å². The topological polar surface area (TPSA) is 93.3 Å². The van der Waals surface area contributed by atoms with Crippen molar-refractivity contribution in [1.82, 2.24) is 20.0 Å². The van der Waals surface area contributed by atoms with Gasteiger partial charge in [0.1, 0.15) is 5.69 Å². The van der Waals surface area contributed by atoms with Crippen LogP contribution in [0.2, 0.25) is 0 Å². The van der Waals surface area contributed by atoms with Crippen molar-refractivity contribution >= 4 is 11.6 Å². The third-order valence-electron chi connectivity index (χ3n) is 3.87. The normalized spacial score (nSPS) is 22.9. The van der Waals surface area contributed by atoms with Gasteiger partial charge in [0.15, 0.2) is 0 Å². The first-order valence-corrected chi connectivity index (χ1v) is 6.57. The van der Waals surface area contributed by atoms with Crippen LogP contribution in [0.15, 0.2) is 0 Å². The molecule has 1 N–H and O–H groups in total. The third-order valence-corrected chi connectivity index (χ3v) is 3.87. The van der Waals surface area contributed by atoms with Crippen LogP contribution in [0.4, 0.5) is 5.69 Å². The van der Waals surface area contributed by atoms with E-state index in [-0.39, 0.29) is 35.1 Å². The van der Waals surface area contributed by atoms with Crippen molar-refractivity contribution in [1.29, 1.82) is 0 Å². The van der Waals surface area contributed by atoms with E-state index in [1.807, 2.05) is 13.8 Å². The largest absolute Gasteiger partial charge is 0.332 e. The first-order valence-electron chi connectivity index (χ1n) is 6.57. The molecule has 1 aliphatic heterocycles. The molecule has 0 radical (unpaired) electrons. The van der Waals surface area contributed by atoms with Gasteiger partial charge in [-0.1, -0.05) is 0 Å². The monoisotopic (exact) mass is 281 g/mol. The van der Waals surface area contributed by atoms with E-state index in [0.717, 1.165) is 0 Å². The molecule has 20 heavy (non-hydrogen) atoms. The van der Waals surface area contributed by atoms with Crippen molar-refractivity contribution in [3.05, 3.63) is 21.5 Å². The Morgan fingerprint density at radius 2 is 2.15 bits per heavy atom. The van der Waals surface area contributed by atoms with Crippen LogP contribution in [0.25, 0.3) is 0 Å². The Bertz CT molecular complexity index is 554. The Balaban J connectivity index is 2.41. The number of amides is 1. The molecule has 1 fully saturated rings. The van der Waals surface area contributed by atoms with Gasteiger partial charge >= 0.3 is 5.69 Å². The van der Waals surface area contributed by atoms with Crippen molar-refractivity contribution in [3.8, 4) is 0 Å². The van der Waals surface area contributed by atoms with E-state index < -0.39 is 4.92 Å². The first-order chi connectivity index (χ1) is 9.34. The molecule has 0 aliphatic carbocycles. The fourth-order valence-electron chi connectivity index (χ4n) is 2.58. The SMILES string of the molecule is Cc1nn(C)c(C(=O)N2CCNC(C)C2C)c1[N+](=O)[O-]. The molecule has 1 amide bonds. The highest BCUT2D eigenvalue weighted by atomic mass is 16.6. The minimum atomic E-state index is -0.536. The van der Waals surface area contributed by atoms with E-state index in [1.54, 1.807) is 18.9 Å². The Kier molecular flexibility index (Phi) is 3.76. The molecule has 110 valence electrons. The second-order valence-electron chi connectivity index (χ2n) is 5.15. The molecule has 8 heteroatoms. The highest BCUT2D eigenvalue weighted by molar-refractivity contribution is 5.97. The van der Waals surface area contributed by atoms with Gasteiger partial charge in [0, 0.05) is 32.2 Å². The number of hydrogen-bond donors (Lipinski definition) is 1. The minimum Gasteiger partial charge on any atom is -0.332 e. The van der Waals surface area contributed by atoms with Gasteiger partial charge in [-0.15, -0.1) is 0 Å². The van der Waals surface area contributed by atoms with Crippen LogP contribution in [-0.2, 0) is 7.05 Å². The van der Waals surface area contributed by atoms with Crippen LogP contribution in [0, 0.1) is 17.0 Å². The first kappa shape index (κ1) is 14.4. The second kappa shape index (κ2) is 5.20. The fourth-order valence-corrected chi connectivity index (χ4v) is 2.58. The summed E-state index contributed by atoms with van der Waals surface area (Å²) < 4.78 is 1.30. The predicted molar refractivity (Wildman–Crippen MR) is 72.6 cm³/mol. The van der Waals surface area contributed by atoms with Gasteiger partial charge < -0.3 is 10.2 Å². The van der Waals surface area contributed by atoms with Crippen molar-refractivity contribution < 1.29 is 9.72 Å². The van der Waals surface area contributed by atoms with Crippen molar-refractivity contribution in [3.63, 3.8) is 0 Å². The van der Waals surface area contributed by atoms with E-state index in [4.69, 9.17) is 0 Å². The predicted octanol–water partition coefficient (Wildman–Crippen LogP) is 0.459. The summed E-state index contributed by atoms with van der Waals surface area (Å²) in [6.07, 6.45) is 0. The van der Waals surface area contributed by atoms with Gasteiger partial charge in [0.05, 0.1) is 4.92 Å². The van der Waals surface area contributed by atoms with Gasteiger partial charge in [-0.25, -0.2) is 0 Å². The molecule has 2 unspecified atom stereocenters. The van der Waals surface area contributed by atoms with Crippen LogP contribution >= 0.6 is 0 Å². The summed E-state index contributed by atoms with van der Waals surface area (Å²) >= 11 is 0. The lowest BCUT2D eigenvalue weighted by Gasteiger charge is -2.38. The molecule has 0 aromatic carbocycles. The fraction of sp³-hybridized carbons (Fsp3) is 0.667. The van der Waals surface area contributed by atoms with Crippen LogP contribution in [-0.4, -0.2) is 50.7 Å². The van der Waals surface area contributed by atoms with Gasteiger partial charge in [-0.3, -0.25) is 19.6 Å². The maximum atomic E-state index is 12.6. The van der Waals surface area contributed by atoms with Gasteiger partial charge in [-0.05, 0) is 20.8 Å². The molecule has 0 bridgehead atoms. The van der Waals surface area contributed by atoms with Crippen LogP contribution in [0.3, 0.4) is 0 Å². The zero-order chi connectivity index (χ0) is 15.0. The number of aromatic nitrogens is 2. The lowest BCUT2D eigenvalue weighted by molar-refractivity contribution is -0.385. The summed E-state index contributed by atoms with van der Waals surface area (Å²) in [6, 6.07) is 0.132. The molecule has 0 spiro atoms. The Morgan fingerprint density at radius 3 is 2.75 bits per heavy atom. The number of nitro groups is 1. The summed E-state index contributed by atoms with van der Waals surface area (Å²) in [5.41, 5.74) is 0.112. The number of aryl methyl sites for hydroxylation is 2. The van der Waals surface area contributed by atoms with E-state index in [1.165, 1.54) is 4.68 Å². The average molecular weight is 281 g/mol. The highest BCUT2D eigenvalue weighted by Crippen LogP contribution is 2.25. The number of carbonyl (C=O) groups excluding carboxylic acids is 1. The van der Waals surface area contributed by atoms with Crippen molar-refractivity contribution in [2.24, 2.45) is 7.05 Å².